The summed E-state index contributed by atoms with van der Waals surface area (Å²) in [6.45, 7) is 4.25. The summed E-state index contributed by atoms with van der Waals surface area (Å²) in [5.74, 6) is 2.09. The number of nitrogens with zero attached hydrogens (tertiary/aromatic N) is 2. The fourth-order valence-corrected chi connectivity index (χ4v) is 6.27. The van der Waals surface area contributed by atoms with Crippen molar-refractivity contribution in [3.8, 4) is 28.7 Å². The first-order valence-electron chi connectivity index (χ1n) is 13.0. The van der Waals surface area contributed by atoms with E-state index in [1.807, 2.05) is 12.1 Å². The van der Waals surface area contributed by atoms with Crippen molar-refractivity contribution < 1.29 is 38.0 Å². The second kappa shape index (κ2) is 13.8. The predicted octanol–water partition coefficient (Wildman–Crippen LogP) is 2.43. The Kier molecular flexibility index (Phi) is 10.2. The molecule has 40 heavy (non-hydrogen) atoms. The Bertz CT molecular complexity index is 1170. The molecular formula is C28H37N3O8S. The second-order valence-corrected chi connectivity index (χ2v) is 10.3. The number of methoxy groups -OCH3 is 5. The van der Waals surface area contributed by atoms with Crippen molar-refractivity contribution >= 4 is 23.6 Å². The molecule has 0 radical (unpaired) electrons. The monoisotopic (exact) mass is 575 g/mol. The fourth-order valence-electron chi connectivity index (χ4n) is 4.85. The maximum absolute atomic E-state index is 14.2. The van der Waals surface area contributed by atoms with Crippen LogP contribution in [0.3, 0.4) is 0 Å². The highest BCUT2D eigenvalue weighted by Crippen LogP contribution is 2.46. The van der Waals surface area contributed by atoms with Gasteiger partial charge in [-0.15, -0.1) is 11.8 Å². The van der Waals surface area contributed by atoms with Gasteiger partial charge in [-0.1, -0.05) is 6.07 Å². The van der Waals surface area contributed by atoms with Crippen LogP contribution in [0.5, 0.6) is 28.7 Å². The van der Waals surface area contributed by atoms with E-state index in [-0.39, 0.29) is 11.8 Å². The molecular weight excluding hydrogens is 538 g/mol. The highest BCUT2D eigenvalue weighted by molar-refractivity contribution is 7.99. The highest BCUT2D eigenvalue weighted by Gasteiger charge is 2.43. The quantitative estimate of drug-likeness (QED) is 0.429. The predicted molar refractivity (Wildman–Crippen MR) is 151 cm³/mol. The van der Waals surface area contributed by atoms with Gasteiger partial charge in [0, 0.05) is 37.5 Å². The van der Waals surface area contributed by atoms with E-state index in [0.29, 0.717) is 59.8 Å². The van der Waals surface area contributed by atoms with Crippen molar-refractivity contribution in [2.75, 3.05) is 80.7 Å². The van der Waals surface area contributed by atoms with E-state index in [0.717, 1.165) is 25.2 Å². The minimum Gasteiger partial charge on any atom is -0.493 e. The van der Waals surface area contributed by atoms with E-state index in [4.69, 9.17) is 28.4 Å². The van der Waals surface area contributed by atoms with Crippen molar-refractivity contribution in [1.29, 1.82) is 0 Å². The molecule has 2 atom stereocenters. The number of rotatable bonds is 11. The van der Waals surface area contributed by atoms with Gasteiger partial charge in [0.15, 0.2) is 23.0 Å². The van der Waals surface area contributed by atoms with Crippen molar-refractivity contribution in [3.63, 3.8) is 0 Å². The van der Waals surface area contributed by atoms with Gasteiger partial charge >= 0.3 is 0 Å². The Hall–Kier alpha value is -3.35. The molecule has 2 aromatic carbocycles. The van der Waals surface area contributed by atoms with Gasteiger partial charge in [-0.05, 0) is 29.8 Å². The van der Waals surface area contributed by atoms with Crippen molar-refractivity contribution in [2.45, 2.75) is 11.4 Å². The number of amides is 2. The Labute approximate surface area is 239 Å². The van der Waals surface area contributed by atoms with Gasteiger partial charge < -0.3 is 38.6 Å². The van der Waals surface area contributed by atoms with Gasteiger partial charge in [0.2, 0.25) is 11.7 Å². The zero-order chi connectivity index (χ0) is 28.6. The average molecular weight is 576 g/mol. The fraction of sp³-hybridized carbons (Fsp3) is 0.500. The van der Waals surface area contributed by atoms with Crippen LogP contribution >= 0.6 is 11.8 Å². The molecule has 0 bridgehead atoms. The molecule has 1 N–H and O–H groups in total. The molecule has 4 rings (SSSR count). The number of ether oxygens (including phenoxy) is 6. The molecule has 2 aliphatic heterocycles. The van der Waals surface area contributed by atoms with E-state index >= 15 is 0 Å². The topological polar surface area (TPSA) is 108 Å². The van der Waals surface area contributed by atoms with Gasteiger partial charge in [-0.25, -0.2) is 0 Å². The average Bonchev–Trinajstić information content (AvgIpc) is 3.45. The van der Waals surface area contributed by atoms with Crippen LogP contribution in [0.15, 0.2) is 30.3 Å². The number of nitrogens with one attached hydrogen (secondary N) is 1. The normalized spacial score (nSPS) is 19.2. The van der Waals surface area contributed by atoms with Crippen molar-refractivity contribution in [1.82, 2.24) is 15.1 Å². The summed E-state index contributed by atoms with van der Waals surface area (Å²) in [6, 6.07) is 8.03. The molecule has 218 valence electrons. The summed E-state index contributed by atoms with van der Waals surface area (Å²) in [4.78, 5) is 31.6. The number of carbonyl (C=O) groups is 2. The minimum absolute atomic E-state index is 0.204. The molecule has 12 heteroatoms. The van der Waals surface area contributed by atoms with Gasteiger partial charge in [0.1, 0.15) is 11.4 Å². The number of hydrogen-bond acceptors (Lipinski definition) is 10. The van der Waals surface area contributed by atoms with Crippen LogP contribution in [0.25, 0.3) is 0 Å². The maximum Gasteiger partial charge on any atom is 0.256 e. The molecule has 0 saturated carbocycles. The molecule has 2 amide bonds. The molecule has 2 aromatic rings. The highest BCUT2D eigenvalue weighted by atomic mass is 32.2. The third kappa shape index (κ3) is 6.34. The van der Waals surface area contributed by atoms with E-state index < -0.39 is 11.4 Å². The molecule has 2 aliphatic rings. The summed E-state index contributed by atoms with van der Waals surface area (Å²) in [6.07, 6.45) is 0. The first-order chi connectivity index (χ1) is 19.4. The maximum atomic E-state index is 14.2. The van der Waals surface area contributed by atoms with Gasteiger partial charge in [0.25, 0.3) is 5.91 Å². The lowest BCUT2D eigenvalue weighted by Gasteiger charge is -2.30. The molecule has 11 nitrogen and oxygen atoms in total. The third-order valence-electron chi connectivity index (χ3n) is 6.97. The molecule has 2 heterocycles. The first kappa shape index (κ1) is 29.6. The number of carbonyl (C=O) groups excluding carboxylic acids is 2. The zero-order valence-electron chi connectivity index (χ0n) is 23.6. The molecule has 0 aliphatic carbocycles. The second-order valence-electron chi connectivity index (χ2n) is 9.19. The number of morpholine rings is 1. The largest absolute Gasteiger partial charge is 0.493 e. The number of benzene rings is 2. The lowest BCUT2D eigenvalue weighted by Crippen LogP contribution is -2.49. The zero-order valence-corrected chi connectivity index (χ0v) is 24.4. The van der Waals surface area contributed by atoms with Gasteiger partial charge in [-0.3, -0.25) is 14.5 Å². The van der Waals surface area contributed by atoms with Crippen LogP contribution in [-0.2, 0) is 9.53 Å². The lowest BCUT2D eigenvalue weighted by atomic mass is 10.1. The number of thioether (sulfide) groups is 1. The Morgan fingerprint density at radius 1 is 0.900 bits per heavy atom. The molecule has 0 spiro atoms. The van der Waals surface area contributed by atoms with Crippen LogP contribution in [-0.4, -0.2) is 108 Å². The van der Waals surface area contributed by atoms with E-state index in [1.165, 1.54) is 33.1 Å². The van der Waals surface area contributed by atoms with Crippen LogP contribution in [0.2, 0.25) is 0 Å². The van der Waals surface area contributed by atoms with E-state index in [1.54, 1.807) is 37.3 Å². The van der Waals surface area contributed by atoms with Crippen molar-refractivity contribution in [3.05, 3.63) is 41.5 Å². The molecule has 2 unspecified atom stereocenters. The number of hydrogen-bond donors (Lipinski definition) is 1. The summed E-state index contributed by atoms with van der Waals surface area (Å²) in [7, 11) is 7.62. The van der Waals surface area contributed by atoms with Crippen LogP contribution in [0.4, 0.5) is 0 Å². The minimum atomic E-state index is -0.695. The lowest BCUT2D eigenvalue weighted by molar-refractivity contribution is -0.124. The SMILES string of the molecule is COc1ccc(C2SCC(C(=O)NCCN3CCOCC3)N2C(=O)c2cc(OC)c(OC)c(OC)c2)cc1OC. The standard InChI is InChI=1S/C28H37N3O8S/c1-34-21-7-6-18(14-22(21)35-2)28-31(27(33)19-15-23(36-3)25(38-5)24(16-19)37-4)20(17-40-28)26(32)29-8-9-30-10-12-39-13-11-30/h6-7,14-16,20,28H,8-13,17H2,1-5H3,(H,29,32). The molecule has 2 saturated heterocycles. The summed E-state index contributed by atoms with van der Waals surface area (Å²) < 4.78 is 32.7. The Morgan fingerprint density at radius 3 is 2.15 bits per heavy atom. The Balaban J connectivity index is 1.65. The van der Waals surface area contributed by atoms with E-state index in [9.17, 15) is 9.59 Å². The van der Waals surface area contributed by atoms with Crippen LogP contribution in [0.1, 0.15) is 21.3 Å². The molecule has 0 aromatic heterocycles. The molecule has 2 fully saturated rings. The van der Waals surface area contributed by atoms with Crippen molar-refractivity contribution in [2.24, 2.45) is 0 Å². The van der Waals surface area contributed by atoms with Crippen LogP contribution < -0.4 is 29.0 Å². The summed E-state index contributed by atoms with van der Waals surface area (Å²) in [5.41, 5.74) is 1.13. The third-order valence-corrected chi connectivity index (χ3v) is 8.30. The van der Waals surface area contributed by atoms with Gasteiger partial charge in [0.05, 0.1) is 48.8 Å². The Morgan fingerprint density at radius 2 is 1.55 bits per heavy atom. The summed E-state index contributed by atoms with van der Waals surface area (Å²) in [5, 5.41) is 2.60. The smallest absolute Gasteiger partial charge is 0.256 e. The van der Waals surface area contributed by atoms with Crippen LogP contribution in [0, 0.1) is 0 Å². The van der Waals surface area contributed by atoms with E-state index in [2.05, 4.69) is 10.2 Å². The summed E-state index contributed by atoms with van der Waals surface area (Å²) >= 11 is 1.52. The van der Waals surface area contributed by atoms with Gasteiger partial charge in [-0.2, -0.15) is 0 Å². The first-order valence-corrected chi connectivity index (χ1v) is 14.0.